The maximum absolute atomic E-state index is 12.9. The third-order valence-electron chi connectivity index (χ3n) is 4.53. The van der Waals surface area contributed by atoms with Crippen molar-refractivity contribution in [2.24, 2.45) is 0 Å². The first-order valence-corrected chi connectivity index (χ1v) is 10.5. The van der Waals surface area contributed by atoms with Crippen LogP contribution in [0.3, 0.4) is 0 Å². The smallest absolute Gasteiger partial charge is 0.265 e. The number of sulfonamides is 1. The van der Waals surface area contributed by atoms with Crippen molar-refractivity contribution < 1.29 is 17.9 Å². The molecule has 2 fully saturated rings. The van der Waals surface area contributed by atoms with Crippen LogP contribution in [0.4, 0.5) is 0 Å². The molecule has 3 heterocycles. The molecule has 2 aliphatic heterocycles. The van der Waals surface area contributed by atoms with Gasteiger partial charge in [-0.15, -0.1) is 11.3 Å². The first-order chi connectivity index (χ1) is 11.5. The van der Waals surface area contributed by atoms with Gasteiger partial charge >= 0.3 is 0 Å². The Hall–Kier alpha value is -1.00. The van der Waals surface area contributed by atoms with Gasteiger partial charge in [-0.05, 0) is 31.3 Å². The summed E-state index contributed by atoms with van der Waals surface area (Å²) in [5.74, 6) is -0.184. The normalized spacial score (nSPS) is 23.4. The Morgan fingerprint density at radius 3 is 2.79 bits per heavy atom. The highest BCUT2D eigenvalue weighted by atomic mass is 32.2. The van der Waals surface area contributed by atoms with E-state index in [9.17, 15) is 13.2 Å². The second-order valence-corrected chi connectivity index (χ2v) is 8.83. The van der Waals surface area contributed by atoms with Crippen LogP contribution in [0, 0.1) is 0 Å². The minimum Gasteiger partial charge on any atom is -0.379 e. The van der Waals surface area contributed by atoms with Gasteiger partial charge < -0.3 is 15.0 Å². The van der Waals surface area contributed by atoms with Crippen LogP contribution in [0.25, 0.3) is 0 Å². The zero-order valence-electron chi connectivity index (χ0n) is 13.7. The molecule has 24 heavy (non-hydrogen) atoms. The molecule has 0 bridgehead atoms. The van der Waals surface area contributed by atoms with Gasteiger partial charge in [0.15, 0.2) is 0 Å². The monoisotopic (exact) mass is 373 g/mol. The first kappa shape index (κ1) is 17.8. The molecule has 1 unspecified atom stereocenters. The largest absolute Gasteiger partial charge is 0.379 e. The van der Waals surface area contributed by atoms with Crippen molar-refractivity contribution >= 4 is 27.3 Å². The van der Waals surface area contributed by atoms with E-state index in [-0.39, 0.29) is 16.8 Å². The predicted molar refractivity (Wildman–Crippen MR) is 91.9 cm³/mol. The van der Waals surface area contributed by atoms with E-state index < -0.39 is 10.0 Å². The number of likely N-dealkylation sites (N-methyl/N-ethyl adjacent to an activating group) is 1. The van der Waals surface area contributed by atoms with Gasteiger partial charge in [-0.3, -0.25) is 4.79 Å². The highest BCUT2D eigenvalue weighted by molar-refractivity contribution is 7.89. The Kier molecular flexibility index (Phi) is 5.56. The van der Waals surface area contributed by atoms with Crippen molar-refractivity contribution in [3.63, 3.8) is 0 Å². The second-order valence-electron chi connectivity index (χ2n) is 6.01. The average molecular weight is 374 g/mol. The van der Waals surface area contributed by atoms with Crippen LogP contribution < -0.4 is 5.32 Å². The summed E-state index contributed by atoms with van der Waals surface area (Å²) < 4.78 is 32.4. The van der Waals surface area contributed by atoms with Gasteiger partial charge in [-0.1, -0.05) is 0 Å². The molecule has 0 spiro atoms. The minimum atomic E-state index is -3.65. The summed E-state index contributed by atoms with van der Waals surface area (Å²) in [5, 5.41) is 4.88. The van der Waals surface area contributed by atoms with Crippen molar-refractivity contribution in [3.8, 4) is 0 Å². The van der Waals surface area contributed by atoms with E-state index in [1.807, 2.05) is 7.05 Å². The quantitative estimate of drug-likeness (QED) is 0.836. The molecule has 0 saturated carbocycles. The van der Waals surface area contributed by atoms with Crippen molar-refractivity contribution in [3.05, 3.63) is 16.3 Å². The number of thiophene rings is 1. The summed E-state index contributed by atoms with van der Waals surface area (Å²) in [5.41, 5.74) is 0. The number of rotatable bonds is 4. The molecule has 2 saturated heterocycles. The summed E-state index contributed by atoms with van der Waals surface area (Å²) in [6, 6.07) is 1.81. The Morgan fingerprint density at radius 2 is 2.08 bits per heavy atom. The molecule has 1 aromatic rings. The number of amides is 1. The van der Waals surface area contributed by atoms with Crippen LogP contribution in [0.2, 0.25) is 0 Å². The van der Waals surface area contributed by atoms with Crippen LogP contribution in [0.1, 0.15) is 22.5 Å². The van der Waals surface area contributed by atoms with Gasteiger partial charge in [0.1, 0.15) is 9.77 Å². The number of nitrogens with one attached hydrogen (secondary N) is 1. The predicted octanol–water partition coefficient (Wildman–Crippen LogP) is 0.593. The number of ether oxygens (including phenoxy) is 1. The number of piperidine rings is 1. The van der Waals surface area contributed by atoms with E-state index in [0.29, 0.717) is 44.3 Å². The molecule has 7 nitrogen and oxygen atoms in total. The van der Waals surface area contributed by atoms with E-state index >= 15 is 0 Å². The van der Waals surface area contributed by atoms with Crippen LogP contribution in [0.15, 0.2) is 16.3 Å². The standard InChI is InChI=1S/C15H23N3O4S2/c1-16-12-3-2-5-17(11-12)15(19)14-13(4-10-23-14)24(20,21)18-6-8-22-9-7-18/h4,10,12,16H,2-3,5-9,11H2,1H3. The van der Waals surface area contributed by atoms with E-state index in [1.165, 1.54) is 15.6 Å². The fourth-order valence-corrected chi connectivity index (χ4v) is 5.89. The second kappa shape index (κ2) is 7.49. The number of carbonyl (C=O) groups is 1. The van der Waals surface area contributed by atoms with Crippen LogP contribution in [-0.4, -0.2) is 76.0 Å². The molecule has 2 aliphatic rings. The number of likely N-dealkylation sites (tertiary alicyclic amines) is 1. The van der Waals surface area contributed by atoms with E-state index in [1.54, 1.807) is 16.3 Å². The van der Waals surface area contributed by atoms with Gasteiger partial charge in [0, 0.05) is 32.2 Å². The van der Waals surface area contributed by atoms with Crippen molar-refractivity contribution in [1.29, 1.82) is 0 Å². The van der Waals surface area contributed by atoms with Gasteiger partial charge in [0.2, 0.25) is 10.0 Å². The number of hydrogen-bond donors (Lipinski definition) is 1. The van der Waals surface area contributed by atoms with Crippen molar-refractivity contribution in [2.45, 2.75) is 23.8 Å². The number of hydrogen-bond acceptors (Lipinski definition) is 6. The molecule has 1 amide bonds. The number of carbonyl (C=O) groups excluding carboxylic acids is 1. The summed E-state index contributed by atoms with van der Waals surface area (Å²) >= 11 is 1.20. The third-order valence-corrected chi connectivity index (χ3v) is 7.50. The molecule has 1 N–H and O–H groups in total. The Labute approximate surface area is 146 Å². The lowest BCUT2D eigenvalue weighted by molar-refractivity contribution is 0.0695. The summed E-state index contributed by atoms with van der Waals surface area (Å²) in [6.45, 7) is 2.73. The lowest BCUT2D eigenvalue weighted by Gasteiger charge is -2.32. The molecule has 1 atom stereocenters. The van der Waals surface area contributed by atoms with E-state index in [0.717, 1.165) is 12.8 Å². The highest BCUT2D eigenvalue weighted by Crippen LogP contribution is 2.28. The van der Waals surface area contributed by atoms with Gasteiger partial charge in [-0.2, -0.15) is 4.31 Å². The molecular formula is C15H23N3O4S2. The molecule has 134 valence electrons. The van der Waals surface area contributed by atoms with E-state index in [2.05, 4.69) is 5.32 Å². The van der Waals surface area contributed by atoms with Crippen LogP contribution >= 0.6 is 11.3 Å². The summed E-state index contributed by atoms with van der Waals surface area (Å²) in [4.78, 5) is 15.1. The minimum absolute atomic E-state index is 0.131. The third kappa shape index (κ3) is 3.50. The SMILES string of the molecule is CNC1CCCN(C(=O)c2sccc2S(=O)(=O)N2CCOCC2)C1. The lowest BCUT2D eigenvalue weighted by Crippen LogP contribution is -2.47. The fourth-order valence-electron chi connectivity index (χ4n) is 3.12. The maximum atomic E-state index is 12.9. The summed E-state index contributed by atoms with van der Waals surface area (Å²) in [6.07, 6.45) is 1.96. The maximum Gasteiger partial charge on any atom is 0.265 e. The Balaban J connectivity index is 1.83. The zero-order chi connectivity index (χ0) is 17.2. The highest BCUT2D eigenvalue weighted by Gasteiger charge is 2.33. The van der Waals surface area contributed by atoms with Crippen molar-refractivity contribution in [2.75, 3.05) is 46.4 Å². The van der Waals surface area contributed by atoms with Gasteiger partial charge in [-0.25, -0.2) is 8.42 Å². The number of morpholine rings is 1. The molecule has 0 radical (unpaired) electrons. The molecular weight excluding hydrogens is 350 g/mol. The Bertz CT molecular complexity index is 683. The van der Waals surface area contributed by atoms with Crippen molar-refractivity contribution in [1.82, 2.24) is 14.5 Å². The molecule has 3 rings (SSSR count). The van der Waals surface area contributed by atoms with Gasteiger partial charge in [0.05, 0.1) is 13.2 Å². The Morgan fingerprint density at radius 1 is 1.33 bits per heavy atom. The van der Waals surface area contributed by atoms with E-state index in [4.69, 9.17) is 4.74 Å². The van der Waals surface area contributed by atoms with Crippen LogP contribution in [0.5, 0.6) is 0 Å². The lowest BCUT2D eigenvalue weighted by atomic mass is 10.1. The molecule has 0 aromatic carbocycles. The summed E-state index contributed by atoms with van der Waals surface area (Å²) in [7, 11) is -1.76. The average Bonchev–Trinajstić information content (AvgIpc) is 3.12. The first-order valence-electron chi connectivity index (χ1n) is 8.16. The zero-order valence-corrected chi connectivity index (χ0v) is 15.4. The topological polar surface area (TPSA) is 79.0 Å². The number of nitrogens with zero attached hydrogens (tertiary/aromatic N) is 2. The fraction of sp³-hybridized carbons (Fsp3) is 0.667. The molecule has 1 aromatic heterocycles. The van der Waals surface area contributed by atoms with Crippen LogP contribution in [-0.2, 0) is 14.8 Å². The molecule has 9 heteroatoms. The van der Waals surface area contributed by atoms with Gasteiger partial charge in [0.25, 0.3) is 5.91 Å². The molecule has 0 aliphatic carbocycles.